The molecular weight excluding hydrogens is 426 g/mol. The number of rotatable bonds is 6. The lowest BCUT2D eigenvalue weighted by Gasteiger charge is -2.16. The molecule has 0 aliphatic carbocycles. The van der Waals surface area contributed by atoms with Crippen LogP contribution in [0.1, 0.15) is 19.4 Å². The molecule has 7 heteroatoms. The summed E-state index contributed by atoms with van der Waals surface area (Å²) in [6.07, 6.45) is 1.44. The summed E-state index contributed by atoms with van der Waals surface area (Å²) in [5.41, 5.74) is 1.69. The molecule has 0 spiro atoms. The number of hydrogen-bond acceptors (Lipinski definition) is 5. The molecule has 162 valence electrons. The zero-order valence-electron chi connectivity index (χ0n) is 17.9. The van der Waals surface area contributed by atoms with Crippen LogP contribution in [0.2, 0.25) is 5.02 Å². The average molecular weight is 448 g/mol. The maximum Gasteiger partial charge on any atom is 0.282 e. The standard InChI is InChI=1S/C25H22ClN3O3/c1-16(2)32-23-18(13-19(26)14-22(23)31-3)15-27-29-24(17-9-5-4-6-10-17)28-21-12-8-7-11-20(21)25(29)30/h4-16H,1-3H3. The minimum absolute atomic E-state index is 0.0952. The third-order valence-electron chi connectivity index (χ3n) is 4.72. The number of para-hydroxylation sites is 1. The van der Waals surface area contributed by atoms with Crippen molar-refractivity contribution in [3.05, 3.63) is 87.7 Å². The molecule has 0 amide bonds. The smallest absolute Gasteiger partial charge is 0.282 e. The molecule has 4 rings (SSSR count). The highest BCUT2D eigenvalue weighted by atomic mass is 35.5. The minimum Gasteiger partial charge on any atom is -0.493 e. The van der Waals surface area contributed by atoms with Gasteiger partial charge in [-0.25, -0.2) is 4.98 Å². The first-order chi connectivity index (χ1) is 15.5. The van der Waals surface area contributed by atoms with Crippen LogP contribution in [0.25, 0.3) is 22.3 Å². The summed E-state index contributed by atoms with van der Waals surface area (Å²) >= 11 is 6.28. The lowest BCUT2D eigenvalue weighted by molar-refractivity contribution is 0.230. The summed E-state index contributed by atoms with van der Waals surface area (Å²) in [5.74, 6) is 1.42. The fraction of sp³-hybridized carbons (Fsp3) is 0.160. The zero-order valence-corrected chi connectivity index (χ0v) is 18.7. The van der Waals surface area contributed by atoms with Crippen LogP contribution in [0.5, 0.6) is 11.5 Å². The largest absolute Gasteiger partial charge is 0.493 e. The number of methoxy groups -OCH3 is 1. The maximum absolute atomic E-state index is 13.3. The first-order valence-electron chi connectivity index (χ1n) is 10.1. The number of benzene rings is 3. The Morgan fingerprint density at radius 1 is 1.06 bits per heavy atom. The Balaban J connectivity index is 1.93. The molecule has 0 unspecified atom stereocenters. The van der Waals surface area contributed by atoms with Gasteiger partial charge < -0.3 is 9.47 Å². The summed E-state index contributed by atoms with van der Waals surface area (Å²) in [6.45, 7) is 3.83. The summed E-state index contributed by atoms with van der Waals surface area (Å²) < 4.78 is 12.7. The van der Waals surface area contributed by atoms with Crippen molar-refractivity contribution < 1.29 is 9.47 Å². The zero-order chi connectivity index (χ0) is 22.7. The Kier molecular flexibility index (Phi) is 6.23. The van der Waals surface area contributed by atoms with Gasteiger partial charge in [0.15, 0.2) is 17.3 Å². The molecule has 32 heavy (non-hydrogen) atoms. The lowest BCUT2D eigenvalue weighted by Crippen LogP contribution is -2.20. The third-order valence-corrected chi connectivity index (χ3v) is 4.94. The second-order valence-electron chi connectivity index (χ2n) is 7.37. The van der Waals surface area contributed by atoms with E-state index in [1.165, 1.54) is 10.9 Å². The summed E-state index contributed by atoms with van der Waals surface area (Å²) in [4.78, 5) is 18.0. The Bertz CT molecular complexity index is 1350. The number of hydrogen-bond donors (Lipinski definition) is 0. The van der Waals surface area contributed by atoms with E-state index in [0.717, 1.165) is 5.56 Å². The summed E-state index contributed by atoms with van der Waals surface area (Å²) in [7, 11) is 1.55. The number of ether oxygens (including phenoxy) is 2. The van der Waals surface area contributed by atoms with Crippen molar-refractivity contribution in [3.8, 4) is 22.9 Å². The SMILES string of the molecule is COc1cc(Cl)cc(C=Nn2c(-c3ccccc3)nc3ccccc3c2=O)c1OC(C)C. The van der Waals surface area contributed by atoms with Crippen LogP contribution in [0.3, 0.4) is 0 Å². The topological polar surface area (TPSA) is 65.7 Å². The Morgan fingerprint density at radius 2 is 1.78 bits per heavy atom. The van der Waals surface area contributed by atoms with Crippen molar-refractivity contribution in [1.82, 2.24) is 9.66 Å². The molecule has 1 heterocycles. The molecule has 0 bridgehead atoms. The maximum atomic E-state index is 13.3. The van der Waals surface area contributed by atoms with Gasteiger partial charge in [-0.1, -0.05) is 54.1 Å². The second kappa shape index (κ2) is 9.24. The van der Waals surface area contributed by atoms with E-state index in [-0.39, 0.29) is 11.7 Å². The van der Waals surface area contributed by atoms with Gasteiger partial charge in [-0.15, -0.1) is 0 Å². The normalized spacial score (nSPS) is 11.4. The van der Waals surface area contributed by atoms with Gasteiger partial charge in [0.05, 0.1) is 30.3 Å². The van der Waals surface area contributed by atoms with Crippen LogP contribution < -0.4 is 15.0 Å². The second-order valence-corrected chi connectivity index (χ2v) is 7.81. The van der Waals surface area contributed by atoms with Crippen LogP contribution in [0.4, 0.5) is 0 Å². The predicted octanol–water partition coefficient (Wildman–Crippen LogP) is 5.39. The van der Waals surface area contributed by atoms with Crippen molar-refractivity contribution in [2.45, 2.75) is 20.0 Å². The van der Waals surface area contributed by atoms with E-state index in [2.05, 4.69) is 5.10 Å². The highest BCUT2D eigenvalue weighted by Gasteiger charge is 2.15. The van der Waals surface area contributed by atoms with E-state index in [1.54, 1.807) is 31.4 Å². The van der Waals surface area contributed by atoms with Gasteiger partial charge in [0.2, 0.25) is 0 Å². The van der Waals surface area contributed by atoms with E-state index in [9.17, 15) is 4.79 Å². The number of aromatic nitrogens is 2. The van der Waals surface area contributed by atoms with Gasteiger partial charge in [0, 0.05) is 22.2 Å². The van der Waals surface area contributed by atoms with Gasteiger partial charge in [-0.05, 0) is 32.0 Å². The van der Waals surface area contributed by atoms with E-state index < -0.39 is 0 Å². The fourth-order valence-electron chi connectivity index (χ4n) is 3.32. The van der Waals surface area contributed by atoms with Gasteiger partial charge in [-0.3, -0.25) is 4.79 Å². The lowest BCUT2D eigenvalue weighted by atomic mass is 10.2. The number of nitrogens with zero attached hydrogens (tertiary/aromatic N) is 3. The highest BCUT2D eigenvalue weighted by molar-refractivity contribution is 6.31. The first-order valence-corrected chi connectivity index (χ1v) is 10.5. The third kappa shape index (κ3) is 4.36. The summed E-state index contributed by atoms with van der Waals surface area (Å²) in [6, 6.07) is 20.1. The molecule has 0 aliphatic heterocycles. The van der Waals surface area contributed by atoms with Crippen molar-refractivity contribution in [2.75, 3.05) is 7.11 Å². The Morgan fingerprint density at radius 3 is 2.50 bits per heavy atom. The van der Waals surface area contributed by atoms with Crippen LogP contribution in [-0.2, 0) is 0 Å². The molecular formula is C25H22ClN3O3. The fourth-order valence-corrected chi connectivity index (χ4v) is 3.54. The molecule has 0 fully saturated rings. The molecule has 0 aliphatic rings. The highest BCUT2D eigenvalue weighted by Crippen LogP contribution is 2.34. The molecule has 3 aromatic carbocycles. The van der Waals surface area contributed by atoms with Crippen LogP contribution >= 0.6 is 11.6 Å². The van der Waals surface area contributed by atoms with Crippen molar-refractivity contribution in [3.63, 3.8) is 0 Å². The molecule has 0 saturated heterocycles. The van der Waals surface area contributed by atoms with E-state index in [0.29, 0.717) is 38.8 Å². The summed E-state index contributed by atoms with van der Waals surface area (Å²) in [5, 5.41) is 5.45. The van der Waals surface area contributed by atoms with E-state index in [4.69, 9.17) is 26.1 Å². The molecule has 1 aromatic heterocycles. The quantitative estimate of drug-likeness (QED) is 0.371. The Hall–Kier alpha value is -3.64. The monoisotopic (exact) mass is 447 g/mol. The van der Waals surface area contributed by atoms with Crippen LogP contribution in [0.15, 0.2) is 76.6 Å². The molecule has 0 N–H and O–H groups in total. The van der Waals surface area contributed by atoms with Crippen molar-refractivity contribution in [2.24, 2.45) is 5.10 Å². The molecule has 0 atom stereocenters. The van der Waals surface area contributed by atoms with Gasteiger partial charge in [0.25, 0.3) is 5.56 Å². The van der Waals surface area contributed by atoms with Gasteiger partial charge >= 0.3 is 0 Å². The van der Waals surface area contributed by atoms with Crippen LogP contribution in [0, 0.1) is 0 Å². The van der Waals surface area contributed by atoms with Crippen LogP contribution in [-0.4, -0.2) is 29.1 Å². The first kappa shape index (κ1) is 21.6. The Labute approximate surface area is 190 Å². The van der Waals surface area contributed by atoms with E-state index in [1.807, 2.05) is 56.3 Å². The number of fused-ring (bicyclic) bond motifs is 1. The molecule has 4 aromatic rings. The van der Waals surface area contributed by atoms with Crippen molar-refractivity contribution >= 4 is 28.7 Å². The average Bonchev–Trinajstić information content (AvgIpc) is 2.80. The minimum atomic E-state index is -0.272. The van der Waals surface area contributed by atoms with Gasteiger partial charge in [-0.2, -0.15) is 9.78 Å². The molecule has 0 saturated carbocycles. The van der Waals surface area contributed by atoms with Gasteiger partial charge in [0.1, 0.15) is 0 Å². The molecule has 6 nitrogen and oxygen atoms in total. The van der Waals surface area contributed by atoms with Crippen molar-refractivity contribution in [1.29, 1.82) is 0 Å². The van der Waals surface area contributed by atoms with E-state index >= 15 is 0 Å². The number of halogens is 1. The molecule has 0 radical (unpaired) electrons. The predicted molar refractivity (Wildman–Crippen MR) is 128 cm³/mol.